The number of halogens is 1. The van der Waals surface area contributed by atoms with Gasteiger partial charge in [-0.3, -0.25) is 0 Å². The Hall–Kier alpha value is -1.47. The molecule has 2 heteroatoms. The lowest BCUT2D eigenvalue weighted by atomic mass is 10.1. The first-order chi connectivity index (χ1) is 9.20. The van der Waals surface area contributed by atoms with E-state index in [1.807, 2.05) is 0 Å². The van der Waals surface area contributed by atoms with Gasteiger partial charge in [0.25, 0.3) is 0 Å². The van der Waals surface area contributed by atoms with Crippen LogP contribution in [0.5, 0.6) is 5.75 Å². The number of ether oxygens (including phenoxy) is 1. The van der Waals surface area contributed by atoms with Crippen LogP contribution in [0.4, 0.5) is 0 Å². The molecule has 0 aliphatic rings. The standard InChI is InChI=1S/C17H19ClO/c1-13-4-3-5-14(2)17(13)19-11-10-15-6-8-16(12-18)9-7-15/h3-9H,10-12H2,1-2H3. The lowest BCUT2D eigenvalue weighted by Gasteiger charge is -2.12. The molecule has 100 valence electrons. The molecule has 0 aliphatic carbocycles. The van der Waals surface area contributed by atoms with Crippen molar-refractivity contribution in [1.82, 2.24) is 0 Å². The van der Waals surface area contributed by atoms with Gasteiger partial charge in [-0.05, 0) is 36.1 Å². The molecular formula is C17H19ClO. The minimum atomic E-state index is 0.569. The van der Waals surface area contributed by atoms with Crippen LogP contribution in [-0.4, -0.2) is 6.61 Å². The predicted octanol–water partition coefficient (Wildman–Crippen LogP) is 4.66. The van der Waals surface area contributed by atoms with Crippen LogP contribution in [0.1, 0.15) is 22.3 Å². The summed E-state index contributed by atoms with van der Waals surface area (Å²) in [7, 11) is 0. The average molecular weight is 275 g/mol. The van der Waals surface area contributed by atoms with E-state index in [1.54, 1.807) is 0 Å². The van der Waals surface area contributed by atoms with Crippen molar-refractivity contribution in [3.63, 3.8) is 0 Å². The average Bonchev–Trinajstić information content (AvgIpc) is 2.43. The second kappa shape index (κ2) is 6.63. The minimum absolute atomic E-state index is 0.569. The molecule has 0 spiro atoms. The molecule has 19 heavy (non-hydrogen) atoms. The van der Waals surface area contributed by atoms with Crippen LogP contribution in [0, 0.1) is 13.8 Å². The van der Waals surface area contributed by atoms with Gasteiger partial charge in [-0.15, -0.1) is 11.6 Å². The van der Waals surface area contributed by atoms with Crippen molar-refractivity contribution in [1.29, 1.82) is 0 Å². The normalized spacial score (nSPS) is 10.5. The van der Waals surface area contributed by atoms with Crippen LogP contribution < -0.4 is 4.74 Å². The molecule has 0 saturated heterocycles. The highest BCUT2D eigenvalue weighted by Gasteiger charge is 2.03. The Bertz CT molecular complexity index is 511. The predicted molar refractivity (Wildman–Crippen MR) is 81.1 cm³/mol. The number of hydrogen-bond donors (Lipinski definition) is 0. The van der Waals surface area contributed by atoms with Gasteiger partial charge in [0, 0.05) is 12.3 Å². The summed E-state index contributed by atoms with van der Waals surface area (Å²) in [6.07, 6.45) is 0.913. The fraction of sp³-hybridized carbons (Fsp3) is 0.294. The van der Waals surface area contributed by atoms with E-state index in [9.17, 15) is 0 Å². The lowest BCUT2D eigenvalue weighted by Crippen LogP contribution is -2.03. The van der Waals surface area contributed by atoms with Gasteiger partial charge in [-0.1, -0.05) is 42.5 Å². The second-order valence-electron chi connectivity index (χ2n) is 4.77. The van der Waals surface area contributed by atoms with Crippen molar-refractivity contribution in [2.45, 2.75) is 26.1 Å². The highest BCUT2D eigenvalue weighted by molar-refractivity contribution is 6.17. The maximum Gasteiger partial charge on any atom is 0.125 e. The van der Waals surface area contributed by atoms with Gasteiger partial charge in [0.15, 0.2) is 0 Å². The zero-order chi connectivity index (χ0) is 13.7. The molecule has 2 rings (SSSR count). The Morgan fingerprint density at radius 3 is 2.05 bits per heavy atom. The third-order valence-electron chi connectivity index (χ3n) is 3.22. The van der Waals surface area contributed by atoms with Crippen molar-refractivity contribution in [2.75, 3.05) is 6.61 Å². The number of hydrogen-bond acceptors (Lipinski definition) is 1. The molecule has 0 radical (unpaired) electrons. The molecule has 0 bridgehead atoms. The van der Waals surface area contributed by atoms with E-state index in [-0.39, 0.29) is 0 Å². The van der Waals surface area contributed by atoms with E-state index in [2.05, 4.69) is 56.3 Å². The van der Waals surface area contributed by atoms with Gasteiger partial charge in [0.05, 0.1) is 6.61 Å². The molecule has 0 N–H and O–H groups in total. The lowest BCUT2D eigenvalue weighted by molar-refractivity contribution is 0.317. The Kier molecular flexibility index (Phi) is 4.86. The van der Waals surface area contributed by atoms with E-state index < -0.39 is 0 Å². The van der Waals surface area contributed by atoms with Crippen LogP contribution in [0.3, 0.4) is 0 Å². The maximum absolute atomic E-state index is 5.90. The third kappa shape index (κ3) is 3.74. The Labute approximate surface area is 120 Å². The first-order valence-corrected chi connectivity index (χ1v) is 7.07. The minimum Gasteiger partial charge on any atom is -0.493 e. The molecule has 0 heterocycles. The van der Waals surface area contributed by atoms with E-state index in [0.29, 0.717) is 12.5 Å². The van der Waals surface area contributed by atoms with Gasteiger partial charge in [0.2, 0.25) is 0 Å². The topological polar surface area (TPSA) is 9.23 Å². The van der Waals surface area contributed by atoms with Gasteiger partial charge in [-0.2, -0.15) is 0 Å². The van der Waals surface area contributed by atoms with Gasteiger partial charge in [-0.25, -0.2) is 0 Å². The molecular weight excluding hydrogens is 256 g/mol. The van der Waals surface area contributed by atoms with E-state index in [4.69, 9.17) is 16.3 Å². The van der Waals surface area contributed by atoms with Crippen molar-refractivity contribution >= 4 is 11.6 Å². The molecule has 2 aromatic carbocycles. The quantitative estimate of drug-likeness (QED) is 0.721. The first kappa shape index (κ1) is 14.0. The largest absolute Gasteiger partial charge is 0.493 e. The number of aryl methyl sites for hydroxylation is 2. The molecule has 0 atom stereocenters. The maximum atomic E-state index is 5.90. The second-order valence-corrected chi connectivity index (χ2v) is 5.04. The summed E-state index contributed by atoms with van der Waals surface area (Å²) in [4.78, 5) is 0. The highest BCUT2D eigenvalue weighted by atomic mass is 35.5. The summed E-state index contributed by atoms with van der Waals surface area (Å²) < 4.78 is 5.90. The fourth-order valence-corrected chi connectivity index (χ4v) is 2.27. The summed E-state index contributed by atoms with van der Waals surface area (Å²) in [5.41, 5.74) is 4.82. The van der Waals surface area contributed by atoms with E-state index >= 15 is 0 Å². The van der Waals surface area contributed by atoms with Crippen molar-refractivity contribution in [3.8, 4) is 5.75 Å². The molecule has 0 aliphatic heterocycles. The molecule has 2 aromatic rings. The van der Waals surface area contributed by atoms with Crippen LogP contribution in [0.15, 0.2) is 42.5 Å². The number of alkyl halides is 1. The summed E-state index contributed by atoms with van der Waals surface area (Å²) in [6.45, 7) is 4.86. The zero-order valence-electron chi connectivity index (χ0n) is 11.4. The van der Waals surface area contributed by atoms with Gasteiger partial charge in [0.1, 0.15) is 5.75 Å². The van der Waals surface area contributed by atoms with Crippen molar-refractivity contribution in [3.05, 3.63) is 64.7 Å². The van der Waals surface area contributed by atoms with Gasteiger partial charge >= 0.3 is 0 Å². The number of para-hydroxylation sites is 1. The van der Waals surface area contributed by atoms with Crippen LogP contribution in [-0.2, 0) is 12.3 Å². The van der Waals surface area contributed by atoms with E-state index in [0.717, 1.165) is 17.7 Å². The SMILES string of the molecule is Cc1cccc(C)c1OCCc1ccc(CCl)cc1. The smallest absolute Gasteiger partial charge is 0.125 e. The molecule has 0 unspecified atom stereocenters. The summed E-state index contributed by atoms with van der Waals surface area (Å²) in [5, 5.41) is 0. The van der Waals surface area contributed by atoms with Gasteiger partial charge < -0.3 is 4.74 Å². The zero-order valence-corrected chi connectivity index (χ0v) is 12.2. The molecule has 0 aromatic heterocycles. The molecule has 0 amide bonds. The number of benzene rings is 2. The summed E-state index contributed by atoms with van der Waals surface area (Å²) in [6, 6.07) is 14.6. The molecule has 1 nitrogen and oxygen atoms in total. The fourth-order valence-electron chi connectivity index (χ4n) is 2.09. The van der Waals surface area contributed by atoms with Crippen LogP contribution in [0.25, 0.3) is 0 Å². The summed E-state index contributed by atoms with van der Waals surface area (Å²) >= 11 is 5.77. The highest BCUT2D eigenvalue weighted by Crippen LogP contribution is 2.22. The van der Waals surface area contributed by atoms with Crippen molar-refractivity contribution < 1.29 is 4.74 Å². The summed E-state index contributed by atoms with van der Waals surface area (Å²) in [5.74, 6) is 1.58. The number of rotatable bonds is 5. The van der Waals surface area contributed by atoms with Crippen LogP contribution in [0.2, 0.25) is 0 Å². The third-order valence-corrected chi connectivity index (χ3v) is 3.53. The monoisotopic (exact) mass is 274 g/mol. The molecule has 0 fully saturated rings. The van der Waals surface area contributed by atoms with Crippen molar-refractivity contribution in [2.24, 2.45) is 0 Å². The molecule has 0 saturated carbocycles. The first-order valence-electron chi connectivity index (χ1n) is 6.53. The Morgan fingerprint density at radius 1 is 0.895 bits per heavy atom. The van der Waals surface area contributed by atoms with E-state index in [1.165, 1.54) is 16.7 Å². The Balaban J connectivity index is 1.92. The van der Waals surface area contributed by atoms with Crippen LogP contribution >= 0.6 is 11.6 Å². The Morgan fingerprint density at radius 2 is 1.47 bits per heavy atom.